The van der Waals surface area contributed by atoms with E-state index in [4.69, 9.17) is 0 Å². The van der Waals surface area contributed by atoms with Crippen LogP contribution in [0.3, 0.4) is 0 Å². The van der Waals surface area contributed by atoms with Crippen LogP contribution in [-0.4, -0.2) is 17.6 Å². The average Bonchev–Trinajstić information content (AvgIpc) is 3.05. The van der Waals surface area contributed by atoms with E-state index in [9.17, 15) is 14.4 Å². The molecule has 2 aromatic carbocycles. The summed E-state index contributed by atoms with van der Waals surface area (Å²) in [5.41, 5.74) is 3.24. The van der Waals surface area contributed by atoms with Gasteiger partial charge in [-0.25, -0.2) is 0 Å². The fourth-order valence-electron chi connectivity index (χ4n) is 3.50. The highest BCUT2D eigenvalue weighted by Crippen LogP contribution is 2.38. The second kappa shape index (κ2) is 5.60. The van der Waals surface area contributed by atoms with E-state index >= 15 is 0 Å². The quantitative estimate of drug-likeness (QED) is 0.909. The molecule has 0 radical (unpaired) electrons. The minimum Gasteiger partial charge on any atom is -0.325 e. The molecule has 2 amide bonds. The number of rotatable bonds is 4. The first-order valence-corrected chi connectivity index (χ1v) is 7.95. The number of amides is 2. The Bertz CT molecular complexity index is 790. The SMILES string of the molecule is O=C(C[C@@H]1C(=O)Nc2ccccc21)C[C@H]1C(=O)Nc2ccccc21. The monoisotopic (exact) mass is 320 g/mol. The number of nitrogens with one attached hydrogen (secondary N) is 2. The Morgan fingerprint density at radius 2 is 1.17 bits per heavy atom. The minimum atomic E-state index is -0.464. The van der Waals surface area contributed by atoms with Crippen LogP contribution in [0.5, 0.6) is 0 Å². The second-order valence-corrected chi connectivity index (χ2v) is 6.21. The number of fused-ring (bicyclic) bond motifs is 2. The van der Waals surface area contributed by atoms with Gasteiger partial charge in [-0.1, -0.05) is 36.4 Å². The van der Waals surface area contributed by atoms with Crippen molar-refractivity contribution in [1.29, 1.82) is 0 Å². The molecule has 0 unspecified atom stereocenters. The maximum absolute atomic E-state index is 12.5. The Hall–Kier alpha value is -2.95. The van der Waals surface area contributed by atoms with Crippen molar-refractivity contribution < 1.29 is 14.4 Å². The van der Waals surface area contributed by atoms with Crippen LogP contribution < -0.4 is 10.6 Å². The summed E-state index contributed by atoms with van der Waals surface area (Å²) >= 11 is 0. The third-order valence-electron chi connectivity index (χ3n) is 4.68. The Morgan fingerprint density at radius 1 is 0.750 bits per heavy atom. The topological polar surface area (TPSA) is 75.3 Å². The molecule has 120 valence electrons. The molecule has 5 heteroatoms. The number of carbonyl (C=O) groups is 3. The molecule has 5 nitrogen and oxygen atoms in total. The molecule has 0 bridgehead atoms. The van der Waals surface area contributed by atoms with Crippen LogP contribution in [0.15, 0.2) is 48.5 Å². The number of hydrogen-bond acceptors (Lipinski definition) is 3. The molecule has 2 aliphatic heterocycles. The molecule has 24 heavy (non-hydrogen) atoms. The summed E-state index contributed by atoms with van der Waals surface area (Å²) in [5, 5.41) is 5.60. The van der Waals surface area contributed by atoms with E-state index in [1.54, 1.807) is 0 Å². The highest BCUT2D eigenvalue weighted by molar-refractivity contribution is 6.07. The van der Waals surface area contributed by atoms with Crippen molar-refractivity contribution in [2.75, 3.05) is 10.6 Å². The van der Waals surface area contributed by atoms with E-state index in [1.165, 1.54) is 0 Å². The standard InChI is InChI=1S/C19H16N2O3/c22-11(9-14-12-5-1-3-7-16(12)20-18(14)23)10-15-13-6-2-4-8-17(13)21-19(15)24/h1-8,14-15H,9-10H2,(H,20,23)(H,21,24)/t14-,15+. The number of benzene rings is 2. The van der Waals surface area contributed by atoms with Crippen LogP contribution in [0, 0.1) is 0 Å². The lowest BCUT2D eigenvalue weighted by Crippen LogP contribution is -2.20. The van der Waals surface area contributed by atoms with Gasteiger partial charge in [0.05, 0.1) is 11.8 Å². The maximum atomic E-state index is 12.5. The van der Waals surface area contributed by atoms with E-state index in [0.29, 0.717) is 0 Å². The fourth-order valence-corrected chi connectivity index (χ4v) is 3.50. The third kappa shape index (κ3) is 2.38. The van der Waals surface area contributed by atoms with Crippen LogP contribution in [0.1, 0.15) is 35.8 Å². The van der Waals surface area contributed by atoms with Gasteiger partial charge in [0.2, 0.25) is 11.8 Å². The molecule has 0 saturated heterocycles. The van der Waals surface area contributed by atoms with Gasteiger partial charge in [-0.15, -0.1) is 0 Å². The summed E-state index contributed by atoms with van der Waals surface area (Å²) in [6.07, 6.45) is 0.240. The van der Waals surface area contributed by atoms with Gasteiger partial charge in [0.1, 0.15) is 5.78 Å². The molecule has 0 aliphatic carbocycles. The summed E-state index contributed by atoms with van der Waals surface area (Å²) < 4.78 is 0. The summed E-state index contributed by atoms with van der Waals surface area (Å²) in [5.74, 6) is -1.31. The number of ketones is 1. The number of hydrogen-bond donors (Lipinski definition) is 2. The molecule has 0 fully saturated rings. The number of carbonyl (C=O) groups excluding carboxylic acids is 3. The first-order chi connectivity index (χ1) is 11.6. The highest BCUT2D eigenvalue weighted by atomic mass is 16.2. The lowest BCUT2D eigenvalue weighted by Gasteiger charge is -2.11. The van der Waals surface area contributed by atoms with Crippen molar-refractivity contribution in [1.82, 2.24) is 0 Å². The molecule has 0 spiro atoms. The summed E-state index contributed by atoms with van der Waals surface area (Å²) in [6.45, 7) is 0. The zero-order chi connectivity index (χ0) is 16.7. The second-order valence-electron chi connectivity index (χ2n) is 6.21. The van der Waals surface area contributed by atoms with Gasteiger partial charge in [0.15, 0.2) is 0 Å². The Balaban J connectivity index is 1.50. The molecule has 2 aliphatic rings. The molecular weight excluding hydrogens is 304 g/mol. The van der Waals surface area contributed by atoms with Crippen LogP contribution in [-0.2, 0) is 14.4 Å². The summed E-state index contributed by atoms with van der Waals surface area (Å²) in [6, 6.07) is 14.8. The van der Waals surface area contributed by atoms with Gasteiger partial charge in [-0.05, 0) is 23.3 Å². The van der Waals surface area contributed by atoms with E-state index in [1.807, 2.05) is 48.5 Å². The minimum absolute atomic E-state index is 0.0799. The molecule has 2 atom stereocenters. The zero-order valence-electron chi connectivity index (χ0n) is 12.9. The average molecular weight is 320 g/mol. The highest BCUT2D eigenvalue weighted by Gasteiger charge is 2.35. The molecule has 2 heterocycles. The number of para-hydroxylation sites is 2. The summed E-state index contributed by atoms with van der Waals surface area (Å²) in [7, 11) is 0. The third-order valence-corrected chi connectivity index (χ3v) is 4.68. The van der Waals surface area contributed by atoms with Crippen LogP contribution in [0.4, 0.5) is 11.4 Å². The predicted molar refractivity (Wildman–Crippen MR) is 89.9 cm³/mol. The zero-order valence-corrected chi connectivity index (χ0v) is 12.9. The predicted octanol–water partition coefficient (Wildman–Crippen LogP) is 2.81. The lowest BCUT2D eigenvalue weighted by atomic mass is 9.89. The molecule has 2 N–H and O–H groups in total. The Morgan fingerprint density at radius 3 is 1.62 bits per heavy atom. The van der Waals surface area contributed by atoms with Crippen molar-refractivity contribution >= 4 is 29.0 Å². The maximum Gasteiger partial charge on any atom is 0.232 e. The fraction of sp³-hybridized carbons (Fsp3) is 0.211. The van der Waals surface area contributed by atoms with Gasteiger partial charge >= 0.3 is 0 Å². The van der Waals surface area contributed by atoms with E-state index < -0.39 is 11.8 Å². The van der Waals surface area contributed by atoms with Crippen molar-refractivity contribution in [2.24, 2.45) is 0 Å². The lowest BCUT2D eigenvalue weighted by molar-refractivity contribution is -0.125. The van der Waals surface area contributed by atoms with Gasteiger partial charge < -0.3 is 10.6 Å². The van der Waals surface area contributed by atoms with Gasteiger partial charge in [-0.2, -0.15) is 0 Å². The van der Waals surface area contributed by atoms with Gasteiger partial charge in [0.25, 0.3) is 0 Å². The largest absolute Gasteiger partial charge is 0.325 e. The van der Waals surface area contributed by atoms with Crippen molar-refractivity contribution in [2.45, 2.75) is 24.7 Å². The van der Waals surface area contributed by atoms with Crippen LogP contribution in [0.2, 0.25) is 0 Å². The van der Waals surface area contributed by atoms with Gasteiger partial charge in [-0.3, -0.25) is 14.4 Å². The van der Waals surface area contributed by atoms with Crippen LogP contribution in [0.25, 0.3) is 0 Å². The van der Waals surface area contributed by atoms with Crippen molar-refractivity contribution in [3.8, 4) is 0 Å². The van der Waals surface area contributed by atoms with Gasteiger partial charge in [0, 0.05) is 24.2 Å². The Labute approximate surface area is 139 Å². The molecule has 2 aromatic rings. The van der Waals surface area contributed by atoms with Crippen LogP contribution >= 0.6 is 0 Å². The number of anilines is 2. The normalized spacial score (nSPS) is 21.0. The molecule has 0 aromatic heterocycles. The first-order valence-electron chi connectivity index (χ1n) is 7.95. The van der Waals surface area contributed by atoms with E-state index in [-0.39, 0.29) is 30.4 Å². The number of Topliss-reactive ketones (excluding diaryl/α,β-unsaturated/α-hetero) is 1. The van der Waals surface area contributed by atoms with E-state index in [2.05, 4.69) is 10.6 Å². The summed E-state index contributed by atoms with van der Waals surface area (Å²) in [4.78, 5) is 36.8. The first kappa shape index (κ1) is 14.6. The van der Waals surface area contributed by atoms with E-state index in [0.717, 1.165) is 22.5 Å². The molecular formula is C19H16N2O3. The smallest absolute Gasteiger partial charge is 0.232 e. The molecule has 0 saturated carbocycles. The van der Waals surface area contributed by atoms with Crippen molar-refractivity contribution in [3.63, 3.8) is 0 Å². The Kier molecular flexibility index (Phi) is 3.41. The molecule has 4 rings (SSSR count). The van der Waals surface area contributed by atoms with Crippen molar-refractivity contribution in [3.05, 3.63) is 59.7 Å².